The molecule has 0 saturated carbocycles. The third kappa shape index (κ3) is 5.56. The molecule has 0 aliphatic heterocycles. The van der Waals surface area contributed by atoms with Crippen LogP contribution in [0.1, 0.15) is 16.7 Å². The minimum Gasteiger partial charge on any atom is -0.484 e. The number of hydrogen-bond acceptors (Lipinski definition) is 2. The van der Waals surface area contributed by atoms with Gasteiger partial charge in [-0.3, -0.25) is 4.79 Å². The maximum atomic E-state index is 11.8. The average Bonchev–Trinajstić information content (AvgIpc) is 2.52. The van der Waals surface area contributed by atoms with E-state index in [1.165, 1.54) is 0 Å². The molecule has 0 aliphatic carbocycles. The highest BCUT2D eigenvalue weighted by Crippen LogP contribution is 2.26. The SMILES string of the molecule is Cc1cc(OCC(=O)NCCc2ccc(Cl)cc2)cc(C)c1Br. The van der Waals surface area contributed by atoms with Gasteiger partial charge in [-0.1, -0.05) is 39.7 Å². The number of carbonyl (C=O) groups excluding carboxylic acids is 1. The quantitative estimate of drug-likeness (QED) is 0.783. The zero-order chi connectivity index (χ0) is 16.8. The summed E-state index contributed by atoms with van der Waals surface area (Å²) in [5.41, 5.74) is 3.31. The number of amides is 1. The van der Waals surface area contributed by atoms with E-state index in [0.29, 0.717) is 17.3 Å². The molecule has 0 spiro atoms. The first kappa shape index (κ1) is 17.8. The van der Waals surface area contributed by atoms with Crippen LogP contribution in [0.2, 0.25) is 5.02 Å². The largest absolute Gasteiger partial charge is 0.484 e. The zero-order valence-electron chi connectivity index (χ0n) is 13.2. The van der Waals surface area contributed by atoms with Crippen LogP contribution in [0, 0.1) is 13.8 Å². The molecule has 2 aromatic rings. The van der Waals surface area contributed by atoms with Gasteiger partial charge in [0.1, 0.15) is 5.75 Å². The van der Waals surface area contributed by atoms with Crippen LogP contribution in [0.3, 0.4) is 0 Å². The van der Waals surface area contributed by atoms with Gasteiger partial charge in [0.25, 0.3) is 5.91 Å². The van der Waals surface area contributed by atoms with Crippen molar-refractivity contribution in [2.45, 2.75) is 20.3 Å². The predicted octanol–water partition coefficient (Wildman–Crippen LogP) is 4.46. The van der Waals surface area contributed by atoms with E-state index in [1.54, 1.807) is 0 Å². The number of aryl methyl sites for hydroxylation is 2. The van der Waals surface area contributed by atoms with Gasteiger partial charge in [-0.25, -0.2) is 0 Å². The summed E-state index contributed by atoms with van der Waals surface area (Å²) in [7, 11) is 0. The highest BCUT2D eigenvalue weighted by molar-refractivity contribution is 9.10. The number of benzene rings is 2. The number of nitrogens with one attached hydrogen (secondary N) is 1. The normalized spacial score (nSPS) is 10.4. The highest BCUT2D eigenvalue weighted by atomic mass is 79.9. The summed E-state index contributed by atoms with van der Waals surface area (Å²) in [6, 6.07) is 11.4. The van der Waals surface area contributed by atoms with Gasteiger partial charge in [0.15, 0.2) is 6.61 Å². The van der Waals surface area contributed by atoms with Crippen molar-refractivity contribution in [3.63, 3.8) is 0 Å². The number of ether oxygens (including phenoxy) is 1. The summed E-state index contributed by atoms with van der Waals surface area (Å²) < 4.78 is 6.62. The van der Waals surface area contributed by atoms with Gasteiger partial charge < -0.3 is 10.1 Å². The molecule has 0 fully saturated rings. The smallest absolute Gasteiger partial charge is 0.257 e. The van der Waals surface area contributed by atoms with Crippen molar-refractivity contribution in [3.05, 3.63) is 62.6 Å². The van der Waals surface area contributed by atoms with Crippen LogP contribution in [0.5, 0.6) is 5.75 Å². The molecule has 1 N–H and O–H groups in total. The highest BCUT2D eigenvalue weighted by Gasteiger charge is 2.06. The monoisotopic (exact) mass is 395 g/mol. The Bertz CT molecular complexity index is 663. The van der Waals surface area contributed by atoms with Crippen LogP contribution < -0.4 is 10.1 Å². The summed E-state index contributed by atoms with van der Waals surface area (Å²) in [4.78, 5) is 11.8. The van der Waals surface area contributed by atoms with E-state index < -0.39 is 0 Å². The molecule has 0 saturated heterocycles. The van der Waals surface area contributed by atoms with Crippen molar-refractivity contribution in [2.75, 3.05) is 13.2 Å². The van der Waals surface area contributed by atoms with Crippen LogP contribution in [0.15, 0.2) is 40.9 Å². The van der Waals surface area contributed by atoms with E-state index in [2.05, 4.69) is 21.2 Å². The van der Waals surface area contributed by atoms with E-state index in [0.717, 1.165) is 27.6 Å². The van der Waals surface area contributed by atoms with Crippen molar-refractivity contribution in [1.29, 1.82) is 0 Å². The molecular weight excluding hydrogens is 378 g/mol. The van der Waals surface area contributed by atoms with E-state index in [-0.39, 0.29) is 12.5 Å². The molecular formula is C18H19BrClNO2. The Labute approximate surface area is 150 Å². The second kappa shape index (κ2) is 8.37. The first-order valence-electron chi connectivity index (χ1n) is 7.36. The molecule has 2 rings (SSSR count). The third-order valence-electron chi connectivity index (χ3n) is 3.43. The third-order valence-corrected chi connectivity index (χ3v) is 4.93. The average molecular weight is 397 g/mol. The van der Waals surface area contributed by atoms with E-state index in [9.17, 15) is 4.79 Å². The fraction of sp³-hybridized carbons (Fsp3) is 0.278. The van der Waals surface area contributed by atoms with E-state index in [4.69, 9.17) is 16.3 Å². The topological polar surface area (TPSA) is 38.3 Å². The molecule has 23 heavy (non-hydrogen) atoms. The van der Waals surface area contributed by atoms with Crippen LogP contribution >= 0.6 is 27.5 Å². The molecule has 2 aromatic carbocycles. The summed E-state index contributed by atoms with van der Waals surface area (Å²) in [5, 5.41) is 3.56. The zero-order valence-corrected chi connectivity index (χ0v) is 15.5. The van der Waals surface area contributed by atoms with Crippen LogP contribution in [-0.4, -0.2) is 19.1 Å². The van der Waals surface area contributed by atoms with Gasteiger partial charge in [-0.15, -0.1) is 0 Å². The first-order chi connectivity index (χ1) is 11.0. The predicted molar refractivity (Wildman–Crippen MR) is 97.3 cm³/mol. The van der Waals surface area contributed by atoms with Gasteiger partial charge in [-0.2, -0.15) is 0 Å². The minimum absolute atomic E-state index is 0.0150. The Morgan fingerprint density at radius 1 is 1.17 bits per heavy atom. The first-order valence-corrected chi connectivity index (χ1v) is 8.53. The van der Waals surface area contributed by atoms with Gasteiger partial charge in [0.05, 0.1) is 0 Å². The number of rotatable bonds is 6. The van der Waals surface area contributed by atoms with Crippen LogP contribution in [0.4, 0.5) is 0 Å². The van der Waals surface area contributed by atoms with Crippen molar-refractivity contribution in [1.82, 2.24) is 5.32 Å². The molecule has 3 nitrogen and oxygen atoms in total. The molecule has 5 heteroatoms. The van der Waals surface area contributed by atoms with Crippen molar-refractivity contribution in [3.8, 4) is 5.75 Å². The standard InChI is InChI=1S/C18H19BrClNO2/c1-12-9-16(10-13(2)18(12)19)23-11-17(22)21-8-7-14-3-5-15(20)6-4-14/h3-6,9-10H,7-8,11H2,1-2H3,(H,21,22). The molecule has 0 heterocycles. The Hall–Kier alpha value is -1.52. The van der Waals surface area contributed by atoms with Crippen molar-refractivity contribution in [2.24, 2.45) is 0 Å². The molecule has 122 valence electrons. The fourth-order valence-corrected chi connectivity index (χ4v) is 2.54. The molecule has 0 unspecified atom stereocenters. The molecule has 0 aromatic heterocycles. The second-order valence-corrected chi connectivity index (χ2v) is 6.62. The summed E-state index contributed by atoms with van der Waals surface area (Å²) >= 11 is 9.35. The second-order valence-electron chi connectivity index (χ2n) is 5.39. The lowest BCUT2D eigenvalue weighted by Crippen LogP contribution is -2.30. The number of carbonyl (C=O) groups is 1. The Balaban J connectivity index is 1.76. The number of hydrogen-bond donors (Lipinski definition) is 1. The maximum absolute atomic E-state index is 11.8. The summed E-state index contributed by atoms with van der Waals surface area (Å²) in [6.07, 6.45) is 0.763. The minimum atomic E-state index is -0.128. The van der Waals surface area contributed by atoms with Gasteiger partial charge in [0, 0.05) is 16.0 Å². The van der Waals surface area contributed by atoms with Crippen molar-refractivity contribution < 1.29 is 9.53 Å². The summed E-state index contributed by atoms with van der Waals surface area (Å²) in [6.45, 7) is 4.58. The molecule has 0 atom stereocenters. The van der Waals surface area contributed by atoms with Gasteiger partial charge in [0.2, 0.25) is 0 Å². The molecule has 0 bridgehead atoms. The lowest BCUT2D eigenvalue weighted by molar-refractivity contribution is -0.123. The molecule has 1 amide bonds. The molecule has 0 radical (unpaired) electrons. The fourth-order valence-electron chi connectivity index (χ4n) is 2.19. The van der Waals surface area contributed by atoms with Gasteiger partial charge >= 0.3 is 0 Å². The maximum Gasteiger partial charge on any atom is 0.257 e. The van der Waals surface area contributed by atoms with E-state index in [1.807, 2.05) is 50.2 Å². The lowest BCUT2D eigenvalue weighted by atomic mass is 10.1. The Morgan fingerprint density at radius 2 is 1.78 bits per heavy atom. The Morgan fingerprint density at radius 3 is 2.39 bits per heavy atom. The van der Waals surface area contributed by atoms with Crippen molar-refractivity contribution >= 4 is 33.4 Å². The van der Waals surface area contributed by atoms with Crippen LogP contribution in [0.25, 0.3) is 0 Å². The van der Waals surface area contributed by atoms with E-state index >= 15 is 0 Å². The Kier molecular flexibility index (Phi) is 6.48. The lowest BCUT2D eigenvalue weighted by Gasteiger charge is -2.10. The number of halogens is 2. The summed E-state index contributed by atoms with van der Waals surface area (Å²) in [5.74, 6) is 0.577. The van der Waals surface area contributed by atoms with Gasteiger partial charge in [-0.05, 0) is 61.2 Å². The van der Waals surface area contributed by atoms with Crippen LogP contribution in [-0.2, 0) is 11.2 Å². The molecule has 0 aliphatic rings.